The van der Waals surface area contributed by atoms with E-state index in [1.54, 1.807) is 0 Å². The van der Waals surface area contributed by atoms with E-state index < -0.39 is 0 Å². The molecule has 4 saturated carbocycles. The Labute approximate surface area is 143 Å². The van der Waals surface area contributed by atoms with Crippen LogP contribution in [0.25, 0.3) is 0 Å². The van der Waals surface area contributed by atoms with Crippen LogP contribution in [0.1, 0.15) is 51.4 Å². The lowest BCUT2D eigenvalue weighted by atomic mass is 9.49. The molecule has 4 aliphatic carbocycles. The summed E-state index contributed by atoms with van der Waals surface area (Å²) < 4.78 is 5.06. The Bertz CT molecular complexity index is 518. The molecule has 2 heterocycles. The molecule has 5 heteroatoms. The van der Waals surface area contributed by atoms with E-state index in [4.69, 9.17) is 4.74 Å². The number of likely N-dealkylation sites (tertiary alicyclic amines) is 1. The number of cyclic esters (lactones) is 1. The summed E-state index contributed by atoms with van der Waals surface area (Å²) in [4.78, 5) is 29.1. The largest absolute Gasteiger partial charge is 0.448 e. The van der Waals surface area contributed by atoms with Crippen molar-refractivity contribution in [2.24, 2.45) is 23.2 Å². The summed E-state index contributed by atoms with van der Waals surface area (Å²) in [5.74, 6) is 2.90. The molecule has 0 unspecified atom stereocenters. The third kappa shape index (κ3) is 2.26. The Morgan fingerprint density at radius 2 is 1.54 bits per heavy atom. The molecule has 2 amide bonds. The Hall–Kier alpha value is -1.26. The number of rotatable bonds is 2. The van der Waals surface area contributed by atoms with Crippen LogP contribution in [0.2, 0.25) is 0 Å². The van der Waals surface area contributed by atoms with Crippen LogP contribution in [-0.4, -0.2) is 54.1 Å². The fourth-order valence-corrected chi connectivity index (χ4v) is 6.83. The Balaban J connectivity index is 1.25. The molecule has 0 aromatic heterocycles. The number of carbonyl (C=O) groups excluding carboxylic acids is 2. The van der Waals surface area contributed by atoms with Gasteiger partial charge in [-0.05, 0) is 69.1 Å². The zero-order chi connectivity index (χ0) is 16.3. The molecule has 6 aliphatic rings. The molecular weight excluding hydrogens is 304 g/mol. The zero-order valence-electron chi connectivity index (χ0n) is 14.4. The third-order valence-corrected chi connectivity index (χ3v) is 7.48. The van der Waals surface area contributed by atoms with Gasteiger partial charge in [0.15, 0.2) is 0 Å². The van der Waals surface area contributed by atoms with E-state index in [2.05, 4.69) is 4.90 Å². The molecule has 2 saturated heterocycles. The van der Waals surface area contributed by atoms with Crippen molar-refractivity contribution in [1.29, 1.82) is 0 Å². The summed E-state index contributed by atoms with van der Waals surface area (Å²) in [5, 5.41) is 0. The lowest BCUT2D eigenvalue weighted by Gasteiger charge is -2.57. The highest BCUT2D eigenvalue weighted by atomic mass is 16.6. The van der Waals surface area contributed by atoms with Crippen LogP contribution in [0.5, 0.6) is 0 Å². The van der Waals surface area contributed by atoms with E-state index in [-0.39, 0.29) is 17.6 Å². The molecule has 0 N–H and O–H groups in total. The molecule has 132 valence electrons. The van der Waals surface area contributed by atoms with E-state index in [0.29, 0.717) is 19.1 Å². The highest BCUT2D eigenvalue weighted by Gasteiger charge is 2.55. The SMILES string of the molecule is O=C1OCCN1C1CCN(C(=O)C23CC4CC(CC(C4)C2)C3)CC1. The summed E-state index contributed by atoms with van der Waals surface area (Å²) in [5.41, 5.74) is -0.0197. The first-order valence-electron chi connectivity index (χ1n) is 9.86. The Kier molecular flexibility index (Phi) is 3.36. The lowest BCUT2D eigenvalue weighted by molar-refractivity contribution is -0.159. The normalized spacial score (nSPS) is 41.8. The second kappa shape index (κ2) is 5.37. The van der Waals surface area contributed by atoms with Crippen molar-refractivity contribution in [2.45, 2.75) is 57.4 Å². The van der Waals surface area contributed by atoms with E-state index in [0.717, 1.165) is 62.9 Å². The van der Waals surface area contributed by atoms with E-state index in [9.17, 15) is 9.59 Å². The second-order valence-corrected chi connectivity index (χ2v) is 9.03. The van der Waals surface area contributed by atoms with E-state index in [1.165, 1.54) is 19.3 Å². The first-order chi connectivity index (χ1) is 11.6. The lowest BCUT2D eigenvalue weighted by Crippen LogP contribution is -2.56. The van der Waals surface area contributed by atoms with Crippen LogP contribution in [-0.2, 0) is 9.53 Å². The predicted octanol–water partition coefficient (Wildman–Crippen LogP) is 2.65. The summed E-state index contributed by atoms with van der Waals surface area (Å²) in [6.07, 6.45) is 9.24. The van der Waals surface area contributed by atoms with Crippen LogP contribution in [0, 0.1) is 23.2 Å². The number of carbonyl (C=O) groups is 2. The fourth-order valence-electron chi connectivity index (χ4n) is 6.83. The molecule has 6 fully saturated rings. The van der Waals surface area contributed by atoms with Gasteiger partial charge in [0.2, 0.25) is 5.91 Å². The van der Waals surface area contributed by atoms with Crippen molar-refractivity contribution < 1.29 is 14.3 Å². The smallest absolute Gasteiger partial charge is 0.410 e. The van der Waals surface area contributed by atoms with Gasteiger partial charge in [-0.3, -0.25) is 4.79 Å². The van der Waals surface area contributed by atoms with Crippen molar-refractivity contribution in [3.05, 3.63) is 0 Å². The Morgan fingerprint density at radius 3 is 2.04 bits per heavy atom. The van der Waals surface area contributed by atoms with Crippen LogP contribution < -0.4 is 0 Å². The molecule has 5 nitrogen and oxygen atoms in total. The van der Waals surface area contributed by atoms with Crippen molar-refractivity contribution in [3.63, 3.8) is 0 Å². The van der Waals surface area contributed by atoms with E-state index in [1.807, 2.05) is 4.90 Å². The average molecular weight is 332 g/mol. The van der Waals surface area contributed by atoms with Crippen molar-refractivity contribution in [3.8, 4) is 0 Å². The molecule has 6 rings (SSSR count). The minimum absolute atomic E-state index is 0.0197. The van der Waals surface area contributed by atoms with Crippen LogP contribution >= 0.6 is 0 Å². The van der Waals surface area contributed by atoms with Crippen LogP contribution in [0.4, 0.5) is 4.79 Å². The Morgan fingerprint density at radius 1 is 0.958 bits per heavy atom. The van der Waals surface area contributed by atoms with Gasteiger partial charge in [0.05, 0.1) is 12.0 Å². The monoisotopic (exact) mass is 332 g/mol. The molecule has 2 aliphatic heterocycles. The number of hydrogen-bond donors (Lipinski definition) is 0. The number of piperidine rings is 1. The summed E-state index contributed by atoms with van der Waals surface area (Å²) in [6, 6.07) is 0.264. The number of nitrogens with zero attached hydrogens (tertiary/aromatic N) is 2. The summed E-state index contributed by atoms with van der Waals surface area (Å²) in [7, 11) is 0. The molecular formula is C19H28N2O3. The van der Waals surface area contributed by atoms with Crippen molar-refractivity contribution >= 4 is 12.0 Å². The second-order valence-electron chi connectivity index (χ2n) is 9.03. The third-order valence-electron chi connectivity index (χ3n) is 7.48. The van der Waals surface area contributed by atoms with E-state index >= 15 is 0 Å². The first kappa shape index (κ1) is 15.0. The highest BCUT2D eigenvalue weighted by molar-refractivity contribution is 5.83. The zero-order valence-corrected chi connectivity index (χ0v) is 14.4. The molecule has 0 aromatic rings. The van der Waals surface area contributed by atoms with Gasteiger partial charge in [0.25, 0.3) is 0 Å². The fraction of sp³-hybridized carbons (Fsp3) is 0.895. The molecule has 0 spiro atoms. The van der Waals surface area contributed by atoms with Gasteiger partial charge in [-0.25, -0.2) is 4.79 Å². The summed E-state index contributed by atoms with van der Waals surface area (Å²) in [6.45, 7) is 2.86. The molecule has 24 heavy (non-hydrogen) atoms. The number of amides is 2. The van der Waals surface area contributed by atoms with Crippen LogP contribution in [0.3, 0.4) is 0 Å². The molecule has 4 bridgehead atoms. The maximum absolute atomic E-state index is 13.4. The van der Waals surface area contributed by atoms with Crippen molar-refractivity contribution in [1.82, 2.24) is 9.80 Å². The maximum Gasteiger partial charge on any atom is 0.410 e. The van der Waals surface area contributed by atoms with Gasteiger partial charge in [0.1, 0.15) is 6.61 Å². The number of hydrogen-bond acceptors (Lipinski definition) is 3. The summed E-state index contributed by atoms with van der Waals surface area (Å²) >= 11 is 0. The van der Waals surface area contributed by atoms with Gasteiger partial charge < -0.3 is 14.5 Å². The quantitative estimate of drug-likeness (QED) is 0.781. The predicted molar refractivity (Wildman–Crippen MR) is 88.3 cm³/mol. The van der Waals surface area contributed by atoms with Crippen molar-refractivity contribution in [2.75, 3.05) is 26.2 Å². The standard InChI is InChI=1S/C19H28N2O3/c22-17(19-10-13-7-14(11-19)9-15(8-13)12-19)20-3-1-16(2-4-20)21-5-6-24-18(21)23/h13-16H,1-12H2. The maximum atomic E-state index is 13.4. The van der Waals surface area contributed by atoms with Gasteiger partial charge in [0, 0.05) is 19.1 Å². The molecule has 0 radical (unpaired) electrons. The molecule has 0 aromatic carbocycles. The first-order valence-corrected chi connectivity index (χ1v) is 9.86. The molecule has 0 atom stereocenters. The minimum Gasteiger partial charge on any atom is -0.448 e. The minimum atomic E-state index is -0.166. The highest BCUT2D eigenvalue weighted by Crippen LogP contribution is 2.60. The van der Waals surface area contributed by atoms with Gasteiger partial charge in [-0.15, -0.1) is 0 Å². The van der Waals surface area contributed by atoms with Gasteiger partial charge in [-0.2, -0.15) is 0 Å². The van der Waals surface area contributed by atoms with Crippen LogP contribution in [0.15, 0.2) is 0 Å². The van der Waals surface area contributed by atoms with Gasteiger partial charge >= 0.3 is 6.09 Å². The number of ether oxygens (including phenoxy) is 1. The van der Waals surface area contributed by atoms with Gasteiger partial charge in [-0.1, -0.05) is 0 Å². The average Bonchev–Trinajstić information content (AvgIpc) is 2.99. The topological polar surface area (TPSA) is 49.9 Å².